The molecule has 1 heterocycles. The zero-order valence-corrected chi connectivity index (χ0v) is 11.8. The Morgan fingerprint density at radius 3 is 2.88 bits per heavy atom. The lowest BCUT2D eigenvalue weighted by Crippen LogP contribution is -2.41. The quantitative estimate of drug-likeness (QED) is 0.867. The van der Waals surface area contributed by atoms with Crippen molar-refractivity contribution in [1.29, 1.82) is 0 Å². The number of hydrogen-bond acceptors (Lipinski definition) is 3. The fraction of sp³-hybridized carbons (Fsp3) is 0.769. The summed E-state index contributed by atoms with van der Waals surface area (Å²) in [5.41, 5.74) is 0. The van der Waals surface area contributed by atoms with Gasteiger partial charge in [0.1, 0.15) is 0 Å². The third-order valence-electron chi connectivity index (χ3n) is 3.88. The summed E-state index contributed by atoms with van der Waals surface area (Å²) in [5, 5.41) is 5.16. The summed E-state index contributed by atoms with van der Waals surface area (Å²) in [6, 6.07) is 0.625. The molecule has 1 aliphatic carbocycles. The summed E-state index contributed by atoms with van der Waals surface area (Å²) in [5.74, 6) is 1.67. The van der Waals surface area contributed by atoms with Crippen LogP contribution in [0.2, 0.25) is 0 Å². The summed E-state index contributed by atoms with van der Waals surface area (Å²) in [4.78, 5) is 7.53. The molecule has 1 aromatic heterocycles. The number of thioether (sulfide) groups is 1. The highest BCUT2D eigenvalue weighted by atomic mass is 32.2. The molecular formula is C13H23N3S. The Hall–Kier alpha value is -0.480. The van der Waals surface area contributed by atoms with Gasteiger partial charge in [-0.05, 0) is 38.1 Å². The molecule has 1 fully saturated rings. The molecule has 0 saturated heterocycles. The zero-order valence-electron chi connectivity index (χ0n) is 10.9. The second kappa shape index (κ2) is 5.91. The Labute approximate surface area is 108 Å². The van der Waals surface area contributed by atoms with Gasteiger partial charge in [0.15, 0.2) is 5.16 Å². The van der Waals surface area contributed by atoms with Gasteiger partial charge in [-0.3, -0.25) is 0 Å². The Bertz CT molecular complexity index is 323. The summed E-state index contributed by atoms with van der Waals surface area (Å²) in [6.07, 6.45) is 7.68. The molecule has 0 bridgehead atoms. The van der Waals surface area contributed by atoms with Crippen molar-refractivity contribution in [2.24, 2.45) is 11.8 Å². The minimum Gasteiger partial charge on any atom is -0.340 e. The number of imidazole rings is 1. The van der Waals surface area contributed by atoms with E-state index in [2.05, 4.69) is 36.2 Å². The van der Waals surface area contributed by atoms with Gasteiger partial charge in [0.2, 0.25) is 0 Å². The maximum Gasteiger partial charge on any atom is 0.165 e. The smallest absolute Gasteiger partial charge is 0.165 e. The molecule has 1 aliphatic rings. The van der Waals surface area contributed by atoms with Crippen LogP contribution in [-0.4, -0.2) is 28.3 Å². The molecule has 96 valence electrons. The van der Waals surface area contributed by atoms with Gasteiger partial charge in [-0.25, -0.2) is 4.98 Å². The maximum atomic E-state index is 4.33. The van der Waals surface area contributed by atoms with Crippen molar-refractivity contribution in [2.45, 2.75) is 49.6 Å². The predicted molar refractivity (Wildman–Crippen MR) is 73.3 cm³/mol. The molecule has 0 aliphatic heterocycles. The average molecular weight is 253 g/mol. The Balaban J connectivity index is 1.99. The summed E-state index contributed by atoms with van der Waals surface area (Å²) >= 11 is 1.90. The number of aromatic nitrogens is 2. The van der Waals surface area contributed by atoms with Crippen molar-refractivity contribution in [3.8, 4) is 0 Å². The van der Waals surface area contributed by atoms with E-state index in [0.717, 1.165) is 17.0 Å². The molecule has 3 atom stereocenters. The van der Waals surface area contributed by atoms with Gasteiger partial charge < -0.3 is 10.3 Å². The predicted octanol–water partition coefficient (Wildman–Crippen LogP) is 2.91. The first-order chi connectivity index (χ1) is 8.20. The number of nitrogens with one attached hydrogen (secondary N) is 2. The summed E-state index contributed by atoms with van der Waals surface area (Å²) in [7, 11) is 2.08. The normalized spacial score (nSPS) is 29.8. The van der Waals surface area contributed by atoms with Crippen LogP contribution >= 0.6 is 11.8 Å². The summed E-state index contributed by atoms with van der Waals surface area (Å²) in [6.45, 7) is 4.69. The van der Waals surface area contributed by atoms with Crippen LogP contribution in [0.1, 0.15) is 33.1 Å². The van der Waals surface area contributed by atoms with E-state index >= 15 is 0 Å². The lowest BCUT2D eigenvalue weighted by Gasteiger charge is -2.37. The van der Waals surface area contributed by atoms with Gasteiger partial charge in [0.25, 0.3) is 0 Å². The van der Waals surface area contributed by atoms with Crippen LogP contribution in [-0.2, 0) is 0 Å². The standard InChI is InChI=1S/C13H23N3S/c1-9(2)10-4-5-11(14-3)12(8-10)17-13-15-6-7-16-13/h6-7,9-12,14H,4-5,8H2,1-3H3,(H,15,16). The molecule has 0 aromatic carbocycles. The fourth-order valence-electron chi connectivity index (χ4n) is 2.68. The van der Waals surface area contributed by atoms with Crippen molar-refractivity contribution in [3.05, 3.63) is 12.4 Å². The molecule has 2 rings (SSSR count). The molecule has 17 heavy (non-hydrogen) atoms. The largest absolute Gasteiger partial charge is 0.340 e. The van der Waals surface area contributed by atoms with Gasteiger partial charge in [0, 0.05) is 23.7 Å². The van der Waals surface area contributed by atoms with Crippen molar-refractivity contribution in [2.75, 3.05) is 7.05 Å². The third-order valence-corrected chi connectivity index (χ3v) is 5.15. The second-order valence-corrected chi connectivity index (χ2v) is 6.49. The van der Waals surface area contributed by atoms with E-state index in [1.807, 2.05) is 24.2 Å². The van der Waals surface area contributed by atoms with Crippen LogP contribution < -0.4 is 5.32 Å². The van der Waals surface area contributed by atoms with Crippen LogP contribution in [0.3, 0.4) is 0 Å². The minimum absolute atomic E-state index is 0.625. The highest BCUT2D eigenvalue weighted by Crippen LogP contribution is 2.37. The molecule has 0 radical (unpaired) electrons. The van der Waals surface area contributed by atoms with Crippen molar-refractivity contribution in [3.63, 3.8) is 0 Å². The monoisotopic (exact) mass is 253 g/mol. The first-order valence-corrected chi connectivity index (χ1v) is 7.42. The number of aromatic amines is 1. The first-order valence-electron chi connectivity index (χ1n) is 6.54. The van der Waals surface area contributed by atoms with E-state index in [1.54, 1.807) is 0 Å². The SMILES string of the molecule is CNC1CCC(C(C)C)CC1Sc1ncc[nH]1. The van der Waals surface area contributed by atoms with E-state index in [0.29, 0.717) is 11.3 Å². The van der Waals surface area contributed by atoms with Crippen LogP contribution in [0.25, 0.3) is 0 Å². The fourth-order valence-corrected chi connectivity index (χ4v) is 4.01. The summed E-state index contributed by atoms with van der Waals surface area (Å²) < 4.78 is 0. The van der Waals surface area contributed by atoms with E-state index in [9.17, 15) is 0 Å². The number of H-pyrrole nitrogens is 1. The molecule has 2 N–H and O–H groups in total. The van der Waals surface area contributed by atoms with E-state index < -0.39 is 0 Å². The molecule has 1 aromatic rings. The second-order valence-electron chi connectivity index (χ2n) is 5.26. The van der Waals surface area contributed by atoms with E-state index in [1.165, 1.54) is 19.3 Å². The number of hydrogen-bond donors (Lipinski definition) is 2. The Morgan fingerprint density at radius 1 is 1.47 bits per heavy atom. The third kappa shape index (κ3) is 3.26. The van der Waals surface area contributed by atoms with Gasteiger partial charge in [-0.2, -0.15) is 0 Å². The maximum absolute atomic E-state index is 4.33. The van der Waals surface area contributed by atoms with Crippen molar-refractivity contribution in [1.82, 2.24) is 15.3 Å². The van der Waals surface area contributed by atoms with E-state index in [4.69, 9.17) is 0 Å². The minimum atomic E-state index is 0.625. The van der Waals surface area contributed by atoms with Crippen LogP contribution in [0.15, 0.2) is 17.6 Å². The van der Waals surface area contributed by atoms with Crippen LogP contribution in [0.5, 0.6) is 0 Å². The number of nitrogens with zero attached hydrogens (tertiary/aromatic N) is 1. The first kappa shape index (κ1) is 13.0. The van der Waals surface area contributed by atoms with Crippen LogP contribution in [0, 0.1) is 11.8 Å². The molecule has 0 spiro atoms. The Kier molecular flexibility index (Phi) is 4.51. The highest BCUT2D eigenvalue weighted by molar-refractivity contribution is 7.99. The molecular weight excluding hydrogens is 230 g/mol. The molecule has 3 unspecified atom stereocenters. The van der Waals surface area contributed by atoms with E-state index in [-0.39, 0.29) is 0 Å². The van der Waals surface area contributed by atoms with Gasteiger partial charge in [-0.1, -0.05) is 25.6 Å². The molecule has 4 heteroatoms. The van der Waals surface area contributed by atoms with Gasteiger partial charge in [-0.15, -0.1) is 0 Å². The van der Waals surface area contributed by atoms with Crippen LogP contribution in [0.4, 0.5) is 0 Å². The Morgan fingerprint density at radius 2 is 2.29 bits per heavy atom. The van der Waals surface area contributed by atoms with Gasteiger partial charge in [0.05, 0.1) is 0 Å². The average Bonchev–Trinajstić information content (AvgIpc) is 2.81. The highest BCUT2D eigenvalue weighted by Gasteiger charge is 2.31. The molecule has 1 saturated carbocycles. The van der Waals surface area contributed by atoms with Crippen molar-refractivity contribution < 1.29 is 0 Å². The van der Waals surface area contributed by atoms with Crippen molar-refractivity contribution >= 4 is 11.8 Å². The zero-order chi connectivity index (χ0) is 12.3. The topological polar surface area (TPSA) is 40.7 Å². The van der Waals surface area contributed by atoms with Gasteiger partial charge >= 0.3 is 0 Å². The molecule has 0 amide bonds. The number of rotatable bonds is 4. The lowest BCUT2D eigenvalue weighted by atomic mass is 9.79. The molecule has 3 nitrogen and oxygen atoms in total. The lowest BCUT2D eigenvalue weighted by molar-refractivity contribution is 0.251.